The number of nitrogens with one attached hydrogen (secondary N) is 1. The van der Waals surface area contributed by atoms with Crippen LogP contribution in [0, 0.1) is 22.7 Å². The first-order valence-electron chi connectivity index (χ1n) is 11.8. The average Bonchev–Trinajstić information content (AvgIpc) is 3.18. The van der Waals surface area contributed by atoms with Crippen molar-refractivity contribution in [2.45, 2.75) is 70.9 Å². The normalized spacial score (nSPS) is 29.7. The minimum absolute atomic E-state index is 0.0986. The van der Waals surface area contributed by atoms with E-state index in [2.05, 4.69) is 30.1 Å². The third-order valence-electron chi connectivity index (χ3n) is 7.40. The molecule has 31 heavy (non-hydrogen) atoms. The van der Waals surface area contributed by atoms with Crippen LogP contribution in [0.25, 0.3) is 0 Å². The van der Waals surface area contributed by atoms with E-state index in [4.69, 9.17) is 9.47 Å². The topological polar surface area (TPSA) is 94.9 Å². The number of rotatable bonds is 6. The first-order chi connectivity index (χ1) is 14.8. The van der Waals surface area contributed by atoms with E-state index in [-0.39, 0.29) is 11.3 Å². The van der Waals surface area contributed by atoms with Crippen molar-refractivity contribution in [2.24, 2.45) is 11.3 Å². The lowest BCUT2D eigenvalue weighted by atomic mass is 9.67. The Balaban J connectivity index is 1.73. The molecule has 1 saturated carbocycles. The highest BCUT2D eigenvalue weighted by Crippen LogP contribution is 2.43. The molecule has 2 unspecified atom stereocenters. The summed E-state index contributed by atoms with van der Waals surface area (Å²) >= 11 is 0. The van der Waals surface area contributed by atoms with E-state index in [1.165, 1.54) is 6.42 Å². The molecule has 3 rings (SSSR count). The van der Waals surface area contributed by atoms with Gasteiger partial charge in [0, 0.05) is 26.2 Å². The Labute approximate surface area is 186 Å². The smallest absolute Gasteiger partial charge is 0.410 e. The van der Waals surface area contributed by atoms with E-state index < -0.39 is 17.7 Å². The Kier molecular flexibility index (Phi) is 7.82. The van der Waals surface area contributed by atoms with Gasteiger partial charge in [0.25, 0.3) is 5.91 Å². The highest BCUT2D eigenvalue weighted by atomic mass is 16.6. The van der Waals surface area contributed by atoms with Gasteiger partial charge < -0.3 is 24.6 Å². The predicted octanol–water partition coefficient (Wildman–Crippen LogP) is 2.53. The Morgan fingerprint density at radius 1 is 1.23 bits per heavy atom. The Hall–Kier alpha value is -1.85. The van der Waals surface area contributed by atoms with E-state index >= 15 is 0 Å². The lowest BCUT2D eigenvalue weighted by Gasteiger charge is -2.40. The van der Waals surface area contributed by atoms with E-state index in [9.17, 15) is 14.9 Å². The summed E-state index contributed by atoms with van der Waals surface area (Å²) in [6.07, 6.45) is 4.18. The number of carbonyl (C=O) groups excluding carboxylic acids is 2. The second-order valence-electron chi connectivity index (χ2n) is 9.94. The molecule has 0 bridgehead atoms. The maximum Gasteiger partial charge on any atom is 0.410 e. The van der Waals surface area contributed by atoms with Crippen LogP contribution in [0.15, 0.2) is 0 Å². The summed E-state index contributed by atoms with van der Waals surface area (Å²) in [5.74, 6) is -0.0503. The number of likely N-dealkylation sites (N-methyl/N-ethyl adjacent to an activating group) is 1. The summed E-state index contributed by atoms with van der Waals surface area (Å²) in [4.78, 5) is 29.9. The zero-order valence-electron chi connectivity index (χ0n) is 19.3. The van der Waals surface area contributed by atoms with Crippen molar-refractivity contribution in [1.29, 1.82) is 5.26 Å². The molecule has 2 saturated heterocycles. The predicted molar refractivity (Wildman–Crippen MR) is 116 cm³/mol. The molecule has 8 nitrogen and oxygen atoms in total. The maximum atomic E-state index is 13.4. The minimum atomic E-state index is -0.918. The Bertz CT molecular complexity index is 686. The molecule has 1 aliphatic carbocycles. The van der Waals surface area contributed by atoms with E-state index in [1.807, 2.05) is 6.92 Å². The number of hydrogen-bond acceptors (Lipinski definition) is 6. The van der Waals surface area contributed by atoms with Crippen molar-refractivity contribution in [3.8, 4) is 6.07 Å². The van der Waals surface area contributed by atoms with Gasteiger partial charge in [-0.25, -0.2) is 4.79 Å². The van der Waals surface area contributed by atoms with Crippen LogP contribution < -0.4 is 5.32 Å². The second-order valence-corrected chi connectivity index (χ2v) is 9.94. The van der Waals surface area contributed by atoms with Crippen LogP contribution in [-0.4, -0.2) is 79.4 Å². The number of nitrogens with zero attached hydrogens (tertiary/aromatic N) is 3. The molecule has 0 aromatic heterocycles. The highest BCUT2D eigenvalue weighted by Gasteiger charge is 2.43. The molecule has 0 radical (unpaired) electrons. The van der Waals surface area contributed by atoms with E-state index in [0.717, 1.165) is 32.4 Å². The largest absolute Gasteiger partial charge is 0.436 e. The van der Waals surface area contributed by atoms with Crippen molar-refractivity contribution in [3.05, 3.63) is 0 Å². The van der Waals surface area contributed by atoms with Crippen molar-refractivity contribution >= 4 is 12.0 Å². The van der Waals surface area contributed by atoms with Gasteiger partial charge >= 0.3 is 6.09 Å². The first kappa shape index (κ1) is 23.8. The van der Waals surface area contributed by atoms with Crippen LogP contribution in [0.4, 0.5) is 4.79 Å². The summed E-state index contributed by atoms with van der Waals surface area (Å²) in [5.41, 5.74) is -0.819. The van der Waals surface area contributed by atoms with Gasteiger partial charge in [0.2, 0.25) is 0 Å². The summed E-state index contributed by atoms with van der Waals surface area (Å²) in [6.45, 7) is 10.5. The molecule has 3 aliphatic rings. The number of amides is 2. The van der Waals surface area contributed by atoms with Crippen molar-refractivity contribution in [2.75, 3.05) is 45.9 Å². The van der Waals surface area contributed by atoms with Gasteiger partial charge in [0.1, 0.15) is 5.54 Å². The van der Waals surface area contributed by atoms with Crippen LogP contribution in [0.5, 0.6) is 0 Å². The van der Waals surface area contributed by atoms with E-state index in [1.54, 1.807) is 4.90 Å². The molecular weight excluding hydrogens is 396 g/mol. The number of ether oxygens (including phenoxy) is 2. The zero-order valence-corrected chi connectivity index (χ0v) is 19.3. The fraction of sp³-hybridized carbons (Fsp3) is 0.870. The van der Waals surface area contributed by atoms with Crippen LogP contribution in [-0.2, 0) is 14.3 Å². The molecule has 0 aromatic carbocycles. The van der Waals surface area contributed by atoms with Crippen LogP contribution in [0.2, 0.25) is 0 Å². The average molecular weight is 435 g/mol. The van der Waals surface area contributed by atoms with Crippen LogP contribution in [0.1, 0.15) is 59.3 Å². The summed E-state index contributed by atoms with van der Waals surface area (Å²) in [5, 5.41) is 12.8. The molecule has 2 heterocycles. The lowest BCUT2D eigenvalue weighted by Crippen LogP contribution is -2.54. The van der Waals surface area contributed by atoms with Gasteiger partial charge in [-0.05, 0) is 43.6 Å². The van der Waals surface area contributed by atoms with Gasteiger partial charge in [-0.3, -0.25) is 4.79 Å². The SMILES string of the molecule is CCN1CCC(C#N)(NC(=O)[C@H](CC2CCCCC2(C)C)OC(=O)N2CCOCC2)C1. The molecule has 0 spiro atoms. The lowest BCUT2D eigenvalue weighted by molar-refractivity contribution is -0.133. The monoisotopic (exact) mass is 434 g/mol. The molecular formula is C23H38N4O4. The van der Waals surface area contributed by atoms with Gasteiger partial charge in [-0.15, -0.1) is 0 Å². The molecule has 8 heteroatoms. The van der Waals surface area contributed by atoms with Crippen molar-refractivity contribution < 1.29 is 19.1 Å². The number of nitriles is 1. The number of carbonyl (C=O) groups is 2. The number of morpholine rings is 1. The molecule has 0 aromatic rings. The van der Waals surface area contributed by atoms with Crippen molar-refractivity contribution in [3.63, 3.8) is 0 Å². The van der Waals surface area contributed by atoms with E-state index in [0.29, 0.717) is 51.6 Å². The molecule has 2 aliphatic heterocycles. The summed E-state index contributed by atoms with van der Waals surface area (Å²) in [6, 6.07) is 2.32. The number of hydrogen-bond donors (Lipinski definition) is 1. The quantitative estimate of drug-likeness (QED) is 0.690. The van der Waals surface area contributed by atoms with Crippen LogP contribution >= 0.6 is 0 Å². The molecule has 2 amide bonds. The van der Waals surface area contributed by atoms with Gasteiger partial charge in [0.15, 0.2) is 6.10 Å². The van der Waals surface area contributed by atoms with Gasteiger partial charge in [-0.1, -0.05) is 33.6 Å². The Morgan fingerprint density at radius 2 is 1.97 bits per heavy atom. The third kappa shape index (κ3) is 5.89. The number of likely N-dealkylation sites (tertiary alicyclic amines) is 1. The molecule has 3 atom stereocenters. The fourth-order valence-corrected chi connectivity index (χ4v) is 5.11. The van der Waals surface area contributed by atoms with Gasteiger partial charge in [-0.2, -0.15) is 5.26 Å². The molecule has 174 valence electrons. The highest BCUT2D eigenvalue weighted by molar-refractivity contribution is 5.84. The minimum Gasteiger partial charge on any atom is -0.436 e. The molecule has 1 N–H and O–H groups in total. The van der Waals surface area contributed by atoms with Crippen molar-refractivity contribution in [1.82, 2.24) is 15.1 Å². The zero-order chi connectivity index (χ0) is 22.5. The summed E-state index contributed by atoms with van der Waals surface area (Å²) < 4.78 is 11.1. The fourth-order valence-electron chi connectivity index (χ4n) is 5.11. The maximum absolute atomic E-state index is 13.4. The standard InChI is InChI=1S/C23H38N4O4/c1-4-26-10-9-23(16-24,17-26)25-20(28)19(15-18-7-5-6-8-22(18,2)3)31-21(29)27-11-13-30-14-12-27/h18-19H,4-15,17H2,1-3H3,(H,25,28)/t18?,19-,23?/m0/s1. The first-order valence-corrected chi connectivity index (χ1v) is 11.8. The third-order valence-corrected chi connectivity index (χ3v) is 7.40. The molecule has 3 fully saturated rings. The summed E-state index contributed by atoms with van der Waals surface area (Å²) in [7, 11) is 0. The Morgan fingerprint density at radius 3 is 2.58 bits per heavy atom. The van der Waals surface area contributed by atoms with Gasteiger partial charge in [0.05, 0.1) is 19.3 Å². The van der Waals surface area contributed by atoms with Crippen LogP contribution in [0.3, 0.4) is 0 Å². The second kappa shape index (κ2) is 10.2.